The summed E-state index contributed by atoms with van der Waals surface area (Å²) >= 11 is 0. The highest BCUT2D eigenvalue weighted by atomic mass is 19.1. The maximum atomic E-state index is 13.3. The van der Waals surface area contributed by atoms with Gasteiger partial charge in [0.15, 0.2) is 0 Å². The standard InChI is InChI=1S/C12H18FN3O/c1-2-16(8-7-14)9-12(17)15-11-6-4-3-5-10(11)13/h3-6H,2,7-9,14H2,1H3,(H,15,17). The van der Waals surface area contributed by atoms with Gasteiger partial charge in [-0.25, -0.2) is 4.39 Å². The van der Waals surface area contributed by atoms with Crippen molar-refractivity contribution in [1.82, 2.24) is 4.90 Å². The average Bonchev–Trinajstić information content (AvgIpc) is 2.31. The number of carbonyl (C=O) groups excluding carboxylic acids is 1. The molecule has 4 nitrogen and oxygen atoms in total. The van der Waals surface area contributed by atoms with Crippen LogP contribution in [0.15, 0.2) is 24.3 Å². The van der Waals surface area contributed by atoms with Crippen molar-refractivity contribution in [3.63, 3.8) is 0 Å². The predicted octanol–water partition coefficient (Wildman–Crippen LogP) is 1.04. The first kappa shape index (κ1) is 13.6. The molecule has 0 aliphatic carbocycles. The minimum Gasteiger partial charge on any atom is -0.329 e. The number of hydrogen-bond acceptors (Lipinski definition) is 3. The summed E-state index contributed by atoms with van der Waals surface area (Å²) in [5.74, 6) is -0.659. The van der Waals surface area contributed by atoms with E-state index in [9.17, 15) is 9.18 Å². The van der Waals surface area contributed by atoms with Crippen LogP contribution in [0.3, 0.4) is 0 Å². The molecule has 0 unspecified atom stereocenters. The highest BCUT2D eigenvalue weighted by molar-refractivity contribution is 5.92. The molecular formula is C12H18FN3O. The number of nitrogens with two attached hydrogens (primary N) is 1. The Labute approximate surface area is 101 Å². The maximum Gasteiger partial charge on any atom is 0.238 e. The quantitative estimate of drug-likeness (QED) is 0.780. The van der Waals surface area contributed by atoms with E-state index >= 15 is 0 Å². The first-order valence-corrected chi connectivity index (χ1v) is 5.64. The van der Waals surface area contributed by atoms with Gasteiger partial charge in [0, 0.05) is 13.1 Å². The largest absolute Gasteiger partial charge is 0.329 e. The van der Waals surface area contributed by atoms with Crippen molar-refractivity contribution >= 4 is 11.6 Å². The summed E-state index contributed by atoms with van der Waals surface area (Å²) < 4.78 is 13.3. The fraction of sp³-hybridized carbons (Fsp3) is 0.417. The Balaban J connectivity index is 2.52. The van der Waals surface area contributed by atoms with E-state index in [0.29, 0.717) is 13.1 Å². The molecule has 0 aromatic heterocycles. The van der Waals surface area contributed by atoms with Crippen LogP contribution >= 0.6 is 0 Å². The van der Waals surface area contributed by atoms with E-state index in [-0.39, 0.29) is 18.1 Å². The zero-order valence-corrected chi connectivity index (χ0v) is 9.95. The summed E-state index contributed by atoms with van der Waals surface area (Å²) in [7, 11) is 0. The highest BCUT2D eigenvalue weighted by Gasteiger charge is 2.10. The number of rotatable bonds is 6. The van der Waals surface area contributed by atoms with Gasteiger partial charge in [0.2, 0.25) is 5.91 Å². The number of carbonyl (C=O) groups is 1. The second-order valence-electron chi connectivity index (χ2n) is 3.69. The number of amides is 1. The van der Waals surface area contributed by atoms with E-state index in [0.717, 1.165) is 6.54 Å². The summed E-state index contributed by atoms with van der Waals surface area (Å²) in [4.78, 5) is 13.5. The van der Waals surface area contributed by atoms with Crippen LogP contribution in [-0.4, -0.2) is 37.0 Å². The molecule has 5 heteroatoms. The number of nitrogens with one attached hydrogen (secondary N) is 1. The topological polar surface area (TPSA) is 58.4 Å². The molecule has 3 N–H and O–H groups in total. The third kappa shape index (κ3) is 4.50. The number of benzene rings is 1. The Kier molecular flexibility index (Phi) is 5.59. The lowest BCUT2D eigenvalue weighted by Crippen LogP contribution is -2.36. The monoisotopic (exact) mass is 239 g/mol. The Morgan fingerprint density at radius 1 is 1.47 bits per heavy atom. The van der Waals surface area contributed by atoms with Gasteiger partial charge in [-0.15, -0.1) is 0 Å². The van der Waals surface area contributed by atoms with Gasteiger partial charge >= 0.3 is 0 Å². The van der Waals surface area contributed by atoms with Crippen LogP contribution in [0.2, 0.25) is 0 Å². The molecule has 0 atom stereocenters. The number of anilines is 1. The van der Waals surface area contributed by atoms with Gasteiger partial charge in [0.05, 0.1) is 12.2 Å². The van der Waals surface area contributed by atoms with Crippen molar-refractivity contribution in [1.29, 1.82) is 0 Å². The maximum absolute atomic E-state index is 13.3. The van der Waals surface area contributed by atoms with Crippen molar-refractivity contribution < 1.29 is 9.18 Å². The molecule has 0 saturated heterocycles. The van der Waals surface area contributed by atoms with Crippen molar-refractivity contribution in [2.24, 2.45) is 5.73 Å². The van der Waals surface area contributed by atoms with Gasteiger partial charge in [-0.1, -0.05) is 19.1 Å². The van der Waals surface area contributed by atoms with Crippen LogP contribution in [0.1, 0.15) is 6.92 Å². The fourth-order valence-corrected chi connectivity index (χ4v) is 1.49. The Hall–Kier alpha value is -1.46. The Morgan fingerprint density at radius 2 is 2.18 bits per heavy atom. The SMILES string of the molecule is CCN(CCN)CC(=O)Nc1ccccc1F. The third-order valence-electron chi connectivity index (χ3n) is 2.41. The van der Waals surface area contributed by atoms with Crippen LogP contribution in [0.25, 0.3) is 0 Å². The number of halogens is 1. The third-order valence-corrected chi connectivity index (χ3v) is 2.41. The first-order valence-electron chi connectivity index (χ1n) is 5.64. The average molecular weight is 239 g/mol. The highest BCUT2D eigenvalue weighted by Crippen LogP contribution is 2.11. The second-order valence-corrected chi connectivity index (χ2v) is 3.69. The number of hydrogen-bond donors (Lipinski definition) is 2. The second kappa shape index (κ2) is 6.98. The summed E-state index contributed by atoms with van der Waals surface area (Å²) in [5.41, 5.74) is 5.63. The van der Waals surface area contributed by atoms with E-state index in [2.05, 4.69) is 5.32 Å². The molecule has 0 aliphatic heterocycles. The molecule has 0 saturated carbocycles. The van der Waals surface area contributed by atoms with Crippen LogP contribution < -0.4 is 11.1 Å². The molecule has 1 aromatic carbocycles. The molecule has 1 aromatic rings. The lowest BCUT2D eigenvalue weighted by atomic mass is 10.3. The van der Waals surface area contributed by atoms with Crippen LogP contribution in [0, 0.1) is 5.82 Å². The number of likely N-dealkylation sites (N-methyl/N-ethyl adjacent to an activating group) is 1. The molecule has 94 valence electrons. The Morgan fingerprint density at radius 3 is 2.76 bits per heavy atom. The Bertz CT molecular complexity index is 371. The molecule has 0 heterocycles. The summed E-state index contributed by atoms with van der Waals surface area (Å²) in [6.07, 6.45) is 0. The minimum atomic E-state index is -0.428. The summed E-state index contributed by atoms with van der Waals surface area (Å²) in [6, 6.07) is 6.10. The summed E-state index contributed by atoms with van der Waals surface area (Å²) in [5, 5.41) is 2.54. The molecule has 0 bridgehead atoms. The van der Waals surface area contributed by atoms with Crippen molar-refractivity contribution in [3.8, 4) is 0 Å². The van der Waals surface area contributed by atoms with Gasteiger partial charge in [0.1, 0.15) is 5.82 Å². The van der Waals surface area contributed by atoms with Crippen molar-refractivity contribution in [2.45, 2.75) is 6.92 Å². The lowest BCUT2D eigenvalue weighted by molar-refractivity contribution is -0.117. The van der Waals surface area contributed by atoms with E-state index in [1.165, 1.54) is 12.1 Å². The molecule has 0 spiro atoms. The van der Waals surface area contributed by atoms with Crippen LogP contribution in [-0.2, 0) is 4.79 Å². The van der Waals surface area contributed by atoms with Gasteiger partial charge in [-0.2, -0.15) is 0 Å². The number of nitrogens with zero attached hydrogens (tertiary/aromatic N) is 1. The van der Waals surface area contributed by atoms with Gasteiger partial charge in [0.25, 0.3) is 0 Å². The molecule has 0 radical (unpaired) electrons. The van der Waals surface area contributed by atoms with Gasteiger partial charge < -0.3 is 11.1 Å². The minimum absolute atomic E-state index is 0.210. The van der Waals surface area contributed by atoms with Crippen molar-refractivity contribution in [2.75, 3.05) is 31.5 Å². The summed E-state index contributed by atoms with van der Waals surface area (Å²) in [6.45, 7) is 4.07. The van der Waals surface area contributed by atoms with Crippen LogP contribution in [0.5, 0.6) is 0 Å². The molecule has 17 heavy (non-hydrogen) atoms. The van der Waals surface area contributed by atoms with Gasteiger partial charge in [-0.3, -0.25) is 9.69 Å². The van der Waals surface area contributed by atoms with Crippen LogP contribution in [0.4, 0.5) is 10.1 Å². The molecule has 0 aliphatic rings. The molecule has 0 fully saturated rings. The fourth-order valence-electron chi connectivity index (χ4n) is 1.49. The number of para-hydroxylation sites is 1. The van der Waals surface area contributed by atoms with E-state index < -0.39 is 5.82 Å². The van der Waals surface area contributed by atoms with E-state index in [1.54, 1.807) is 12.1 Å². The first-order chi connectivity index (χ1) is 8.17. The zero-order chi connectivity index (χ0) is 12.7. The van der Waals surface area contributed by atoms with E-state index in [4.69, 9.17) is 5.73 Å². The smallest absolute Gasteiger partial charge is 0.238 e. The molecule has 1 rings (SSSR count). The lowest BCUT2D eigenvalue weighted by Gasteiger charge is -2.18. The zero-order valence-electron chi connectivity index (χ0n) is 9.95. The predicted molar refractivity (Wildman–Crippen MR) is 66.2 cm³/mol. The van der Waals surface area contributed by atoms with Crippen molar-refractivity contribution in [3.05, 3.63) is 30.1 Å². The molecular weight excluding hydrogens is 221 g/mol. The normalized spacial score (nSPS) is 10.6. The van der Waals surface area contributed by atoms with Gasteiger partial charge in [-0.05, 0) is 18.7 Å². The molecule has 1 amide bonds. The van der Waals surface area contributed by atoms with E-state index in [1.807, 2.05) is 11.8 Å².